The predicted molar refractivity (Wildman–Crippen MR) is 68.9 cm³/mol. The predicted octanol–water partition coefficient (Wildman–Crippen LogP) is 1.64. The van der Waals surface area contributed by atoms with Crippen molar-refractivity contribution in [3.8, 4) is 11.8 Å². The lowest BCUT2D eigenvalue weighted by atomic mass is 9.97. The quantitative estimate of drug-likeness (QED) is 0.881. The number of hydrogen-bond acceptors (Lipinski definition) is 5. The Morgan fingerprint density at radius 1 is 1.33 bits per heavy atom. The van der Waals surface area contributed by atoms with E-state index in [2.05, 4.69) is 22.2 Å². The molecule has 2 heterocycles. The molecule has 1 aliphatic heterocycles. The van der Waals surface area contributed by atoms with Gasteiger partial charge in [-0.1, -0.05) is 6.92 Å². The van der Waals surface area contributed by atoms with Crippen LogP contribution in [0.15, 0.2) is 12.4 Å². The molecule has 0 amide bonds. The van der Waals surface area contributed by atoms with Crippen molar-refractivity contribution in [3.63, 3.8) is 0 Å². The Morgan fingerprint density at radius 2 is 2.11 bits per heavy atom. The van der Waals surface area contributed by atoms with E-state index in [1.54, 1.807) is 12.4 Å². The number of hydrogen-bond donors (Lipinski definition) is 1. The topological polar surface area (TPSA) is 56.3 Å². The van der Waals surface area contributed by atoms with Gasteiger partial charge in [0.1, 0.15) is 6.10 Å². The van der Waals surface area contributed by atoms with Crippen LogP contribution in [0.5, 0.6) is 11.8 Å². The van der Waals surface area contributed by atoms with Gasteiger partial charge in [0.15, 0.2) is 0 Å². The molecule has 2 atom stereocenters. The van der Waals surface area contributed by atoms with E-state index >= 15 is 0 Å². The number of nitrogens with one attached hydrogen (secondary N) is 1. The van der Waals surface area contributed by atoms with Crippen LogP contribution in [0.3, 0.4) is 0 Å². The summed E-state index contributed by atoms with van der Waals surface area (Å²) >= 11 is 0. The Morgan fingerprint density at radius 3 is 2.83 bits per heavy atom. The zero-order valence-corrected chi connectivity index (χ0v) is 11.2. The molecule has 0 radical (unpaired) electrons. The fraction of sp³-hybridized carbons (Fsp3) is 0.692. The second kappa shape index (κ2) is 6.00. The van der Waals surface area contributed by atoms with Gasteiger partial charge < -0.3 is 14.8 Å². The summed E-state index contributed by atoms with van der Waals surface area (Å²) in [6, 6.07) is 0. The average Bonchev–Trinajstić information content (AvgIpc) is 2.32. The highest BCUT2D eigenvalue weighted by molar-refractivity contribution is 5.13. The molecule has 0 aliphatic carbocycles. The van der Waals surface area contributed by atoms with E-state index in [9.17, 15) is 0 Å². The number of piperidine rings is 1. The van der Waals surface area contributed by atoms with Gasteiger partial charge in [-0.15, -0.1) is 0 Å². The Hall–Kier alpha value is -1.36. The van der Waals surface area contributed by atoms with Gasteiger partial charge in [-0.3, -0.25) is 4.98 Å². The molecule has 0 saturated carbocycles. The SMILES string of the molecule is CC(C)Oc1cncc(OC2CNCCC2C)n1. The van der Waals surface area contributed by atoms with Crippen molar-refractivity contribution < 1.29 is 9.47 Å². The summed E-state index contributed by atoms with van der Waals surface area (Å²) in [4.78, 5) is 8.40. The van der Waals surface area contributed by atoms with Crippen LogP contribution < -0.4 is 14.8 Å². The van der Waals surface area contributed by atoms with Crippen LogP contribution in [0.2, 0.25) is 0 Å². The summed E-state index contributed by atoms with van der Waals surface area (Å²) in [6.45, 7) is 8.04. The summed E-state index contributed by atoms with van der Waals surface area (Å²) < 4.78 is 11.4. The van der Waals surface area contributed by atoms with Crippen LogP contribution in [0.4, 0.5) is 0 Å². The highest BCUT2D eigenvalue weighted by Gasteiger charge is 2.23. The van der Waals surface area contributed by atoms with Crippen molar-refractivity contribution in [2.45, 2.75) is 39.4 Å². The molecule has 5 heteroatoms. The molecule has 1 aliphatic rings. The maximum absolute atomic E-state index is 5.87. The van der Waals surface area contributed by atoms with Crippen LogP contribution in [0, 0.1) is 5.92 Å². The molecule has 0 aromatic carbocycles. The van der Waals surface area contributed by atoms with Crippen molar-refractivity contribution >= 4 is 0 Å². The number of ether oxygens (including phenoxy) is 2. The molecule has 1 aromatic rings. The van der Waals surface area contributed by atoms with Crippen LogP contribution in [-0.4, -0.2) is 35.3 Å². The van der Waals surface area contributed by atoms with Crippen molar-refractivity contribution in [1.29, 1.82) is 0 Å². The van der Waals surface area contributed by atoms with Crippen LogP contribution in [-0.2, 0) is 0 Å². The molecule has 1 aromatic heterocycles. The normalized spacial score (nSPS) is 24.0. The largest absolute Gasteiger partial charge is 0.474 e. The number of nitrogens with zero attached hydrogens (tertiary/aromatic N) is 2. The third-order valence-electron chi connectivity index (χ3n) is 2.98. The van der Waals surface area contributed by atoms with Gasteiger partial charge in [0, 0.05) is 6.54 Å². The molecule has 0 spiro atoms. The van der Waals surface area contributed by atoms with Crippen molar-refractivity contribution in [1.82, 2.24) is 15.3 Å². The molecular weight excluding hydrogens is 230 g/mol. The highest BCUT2D eigenvalue weighted by Crippen LogP contribution is 2.19. The van der Waals surface area contributed by atoms with Gasteiger partial charge in [0.05, 0.1) is 18.5 Å². The lowest BCUT2D eigenvalue weighted by molar-refractivity contribution is 0.107. The molecular formula is C13H21N3O2. The number of aromatic nitrogens is 2. The molecule has 1 fully saturated rings. The van der Waals surface area contributed by atoms with E-state index in [1.807, 2.05) is 13.8 Å². The first-order valence-corrected chi connectivity index (χ1v) is 6.51. The Bertz CT molecular complexity index is 384. The zero-order chi connectivity index (χ0) is 13.0. The van der Waals surface area contributed by atoms with Crippen molar-refractivity contribution in [2.24, 2.45) is 5.92 Å². The van der Waals surface area contributed by atoms with E-state index in [-0.39, 0.29) is 12.2 Å². The van der Waals surface area contributed by atoms with Gasteiger partial charge in [-0.2, -0.15) is 4.98 Å². The summed E-state index contributed by atoms with van der Waals surface area (Å²) in [5.41, 5.74) is 0. The minimum absolute atomic E-state index is 0.0878. The van der Waals surface area contributed by atoms with E-state index in [4.69, 9.17) is 9.47 Å². The highest BCUT2D eigenvalue weighted by atomic mass is 16.5. The summed E-state index contributed by atoms with van der Waals surface area (Å²) in [5.74, 6) is 1.58. The maximum Gasteiger partial charge on any atom is 0.235 e. The first-order valence-electron chi connectivity index (χ1n) is 6.51. The Labute approximate surface area is 108 Å². The Kier molecular flexibility index (Phi) is 4.36. The zero-order valence-electron chi connectivity index (χ0n) is 11.2. The van der Waals surface area contributed by atoms with Gasteiger partial charge in [-0.25, -0.2) is 0 Å². The van der Waals surface area contributed by atoms with Crippen molar-refractivity contribution in [2.75, 3.05) is 13.1 Å². The summed E-state index contributed by atoms with van der Waals surface area (Å²) in [7, 11) is 0. The molecule has 1 N–H and O–H groups in total. The van der Waals surface area contributed by atoms with Crippen LogP contribution >= 0.6 is 0 Å². The fourth-order valence-corrected chi connectivity index (χ4v) is 1.96. The molecule has 5 nitrogen and oxygen atoms in total. The number of rotatable bonds is 4. The first kappa shape index (κ1) is 13.1. The molecule has 100 valence electrons. The van der Waals surface area contributed by atoms with E-state index in [1.165, 1.54) is 0 Å². The molecule has 1 saturated heterocycles. The standard InChI is InChI=1S/C13H21N3O2/c1-9(2)17-12-7-15-8-13(16-12)18-11-6-14-5-4-10(11)3/h7-11,14H,4-6H2,1-3H3. The van der Waals surface area contributed by atoms with Gasteiger partial charge in [0.25, 0.3) is 0 Å². The van der Waals surface area contributed by atoms with E-state index in [0.717, 1.165) is 19.5 Å². The molecule has 2 rings (SSSR count). The van der Waals surface area contributed by atoms with Crippen LogP contribution in [0.1, 0.15) is 27.2 Å². The minimum Gasteiger partial charge on any atom is -0.474 e. The second-order valence-electron chi connectivity index (χ2n) is 4.99. The molecule has 0 bridgehead atoms. The second-order valence-corrected chi connectivity index (χ2v) is 4.99. The van der Waals surface area contributed by atoms with Gasteiger partial charge >= 0.3 is 0 Å². The Balaban J connectivity index is 1.99. The van der Waals surface area contributed by atoms with Crippen LogP contribution in [0.25, 0.3) is 0 Å². The fourth-order valence-electron chi connectivity index (χ4n) is 1.96. The monoisotopic (exact) mass is 251 g/mol. The van der Waals surface area contributed by atoms with E-state index < -0.39 is 0 Å². The lowest BCUT2D eigenvalue weighted by Crippen LogP contribution is -2.43. The molecule has 18 heavy (non-hydrogen) atoms. The van der Waals surface area contributed by atoms with Gasteiger partial charge in [-0.05, 0) is 32.7 Å². The third kappa shape index (κ3) is 3.57. The first-order chi connectivity index (χ1) is 8.65. The minimum atomic E-state index is 0.0878. The molecule has 2 unspecified atom stereocenters. The summed E-state index contributed by atoms with van der Waals surface area (Å²) in [5, 5.41) is 3.33. The maximum atomic E-state index is 5.87. The van der Waals surface area contributed by atoms with Crippen molar-refractivity contribution in [3.05, 3.63) is 12.4 Å². The third-order valence-corrected chi connectivity index (χ3v) is 2.98. The van der Waals surface area contributed by atoms with E-state index in [0.29, 0.717) is 17.7 Å². The van der Waals surface area contributed by atoms with Gasteiger partial charge in [0.2, 0.25) is 11.8 Å². The smallest absolute Gasteiger partial charge is 0.235 e. The average molecular weight is 251 g/mol. The lowest BCUT2D eigenvalue weighted by Gasteiger charge is -2.29. The summed E-state index contributed by atoms with van der Waals surface area (Å²) in [6.07, 6.45) is 4.61.